The van der Waals surface area contributed by atoms with Crippen LogP contribution >= 0.6 is 0 Å². The molecule has 3 N–H and O–H groups in total. The SMILES string of the molecule is N#CC1CCCN(c2ccc(NS(=O)(=O)CC3CC3)cc2Nc2ncnc3[nH]ccc23)C1. The van der Waals surface area contributed by atoms with Gasteiger partial charge in [-0.1, -0.05) is 0 Å². The van der Waals surface area contributed by atoms with E-state index in [1.807, 2.05) is 12.1 Å². The Kier molecular flexibility index (Phi) is 5.35. The normalized spacial score (nSPS) is 19.0. The number of piperidine rings is 1. The second-order valence-corrected chi connectivity index (χ2v) is 10.3. The van der Waals surface area contributed by atoms with E-state index in [9.17, 15) is 13.7 Å². The predicted octanol–water partition coefficient (Wildman–Crippen LogP) is 3.59. The highest BCUT2D eigenvalue weighted by Crippen LogP contribution is 2.36. The first-order valence-electron chi connectivity index (χ1n) is 10.8. The van der Waals surface area contributed by atoms with Crippen molar-refractivity contribution >= 4 is 43.9 Å². The van der Waals surface area contributed by atoms with Gasteiger partial charge in [-0.25, -0.2) is 18.4 Å². The Morgan fingerprint density at radius 3 is 2.91 bits per heavy atom. The van der Waals surface area contributed by atoms with E-state index >= 15 is 0 Å². The molecule has 1 atom stereocenters. The number of benzene rings is 1. The first-order valence-corrected chi connectivity index (χ1v) is 12.5. The minimum atomic E-state index is -3.40. The molecule has 0 bridgehead atoms. The van der Waals surface area contributed by atoms with Crippen LogP contribution in [0, 0.1) is 23.2 Å². The number of H-pyrrole nitrogens is 1. The summed E-state index contributed by atoms with van der Waals surface area (Å²) in [7, 11) is -3.40. The summed E-state index contributed by atoms with van der Waals surface area (Å²) < 4.78 is 27.8. The molecule has 2 fully saturated rings. The maximum atomic E-state index is 12.5. The molecular weight excluding hydrogens is 426 g/mol. The molecular formula is C22H25N7O2S. The van der Waals surface area contributed by atoms with Gasteiger partial charge in [0.25, 0.3) is 0 Å². The molecule has 1 saturated heterocycles. The van der Waals surface area contributed by atoms with Gasteiger partial charge in [0.1, 0.15) is 17.8 Å². The fourth-order valence-corrected chi connectivity index (χ4v) is 5.72. The summed E-state index contributed by atoms with van der Waals surface area (Å²) in [5.41, 5.74) is 2.87. The first kappa shape index (κ1) is 20.6. The Hall–Kier alpha value is -3.32. The van der Waals surface area contributed by atoms with E-state index in [1.54, 1.807) is 18.3 Å². The quantitative estimate of drug-likeness (QED) is 0.501. The van der Waals surface area contributed by atoms with Gasteiger partial charge in [-0.05, 0) is 55.9 Å². The van der Waals surface area contributed by atoms with Gasteiger partial charge in [0.05, 0.1) is 40.2 Å². The van der Waals surface area contributed by atoms with Crippen LogP contribution in [-0.2, 0) is 10.0 Å². The van der Waals surface area contributed by atoms with E-state index in [0.717, 1.165) is 49.0 Å². The third-order valence-electron chi connectivity index (χ3n) is 5.97. The molecule has 2 aliphatic rings. The lowest BCUT2D eigenvalue weighted by molar-refractivity contribution is 0.494. The van der Waals surface area contributed by atoms with E-state index in [-0.39, 0.29) is 17.6 Å². The second kappa shape index (κ2) is 8.31. The second-order valence-electron chi connectivity index (χ2n) is 8.56. The average molecular weight is 452 g/mol. The summed E-state index contributed by atoms with van der Waals surface area (Å²) in [5, 5.41) is 13.6. The molecule has 3 heterocycles. The number of aromatic nitrogens is 3. The lowest BCUT2D eigenvalue weighted by Crippen LogP contribution is -2.35. The number of rotatable bonds is 7. The molecule has 1 aliphatic heterocycles. The minimum Gasteiger partial charge on any atom is -0.369 e. The van der Waals surface area contributed by atoms with Gasteiger partial charge in [0.15, 0.2) is 0 Å². The van der Waals surface area contributed by atoms with Crippen molar-refractivity contribution in [2.45, 2.75) is 25.7 Å². The predicted molar refractivity (Wildman–Crippen MR) is 124 cm³/mol. The molecule has 0 amide bonds. The van der Waals surface area contributed by atoms with Crippen molar-refractivity contribution in [1.29, 1.82) is 5.26 Å². The lowest BCUT2D eigenvalue weighted by atomic mass is 9.99. The molecule has 1 unspecified atom stereocenters. The number of hydrogen-bond acceptors (Lipinski definition) is 7. The number of nitrogens with one attached hydrogen (secondary N) is 3. The van der Waals surface area contributed by atoms with E-state index in [1.165, 1.54) is 6.33 Å². The van der Waals surface area contributed by atoms with Gasteiger partial charge in [-0.15, -0.1) is 0 Å². The Balaban J connectivity index is 1.49. The van der Waals surface area contributed by atoms with Crippen LogP contribution in [-0.4, -0.2) is 42.2 Å². The number of fused-ring (bicyclic) bond motifs is 1. The number of aromatic amines is 1. The third kappa shape index (κ3) is 4.48. The van der Waals surface area contributed by atoms with Crippen molar-refractivity contribution in [1.82, 2.24) is 15.0 Å². The van der Waals surface area contributed by atoms with Crippen LogP contribution in [0.1, 0.15) is 25.7 Å². The van der Waals surface area contributed by atoms with Crippen LogP contribution in [0.4, 0.5) is 22.9 Å². The summed E-state index contributed by atoms with van der Waals surface area (Å²) in [6.07, 6.45) is 7.06. The standard InChI is InChI=1S/C22H25N7O2S/c23-11-16-2-1-9-29(12-16)20-6-5-17(28-32(30,31)13-15-3-4-15)10-19(20)27-22-18-7-8-24-21(18)25-14-26-22/h5-8,10,14-16,28H,1-4,9,12-13H2,(H2,24,25,26,27). The molecule has 10 heteroatoms. The van der Waals surface area contributed by atoms with Crippen molar-refractivity contribution in [3.8, 4) is 6.07 Å². The van der Waals surface area contributed by atoms with Gasteiger partial charge < -0.3 is 15.2 Å². The van der Waals surface area contributed by atoms with Crippen LogP contribution < -0.4 is 14.9 Å². The Labute approximate surface area is 186 Å². The zero-order valence-electron chi connectivity index (χ0n) is 17.6. The largest absolute Gasteiger partial charge is 0.369 e. The molecule has 1 aromatic carbocycles. The van der Waals surface area contributed by atoms with Crippen LogP contribution in [0.5, 0.6) is 0 Å². The van der Waals surface area contributed by atoms with Gasteiger partial charge in [-0.2, -0.15) is 5.26 Å². The zero-order valence-corrected chi connectivity index (χ0v) is 18.4. The summed E-state index contributed by atoms with van der Waals surface area (Å²) in [5.74, 6) is 1.03. The topological polar surface area (TPSA) is 127 Å². The highest BCUT2D eigenvalue weighted by Gasteiger charge is 2.28. The van der Waals surface area contributed by atoms with E-state index < -0.39 is 10.0 Å². The Morgan fingerprint density at radius 1 is 1.22 bits per heavy atom. The molecule has 1 saturated carbocycles. The molecule has 9 nitrogen and oxygen atoms in total. The highest BCUT2D eigenvalue weighted by atomic mass is 32.2. The molecule has 0 spiro atoms. The van der Waals surface area contributed by atoms with Crippen LogP contribution in [0.2, 0.25) is 0 Å². The van der Waals surface area contributed by atoms with Gasteiger partial charge in [-0.3, -0.25) is 4.72 Å². The molecule has 32 heavy (non-hydrogen) atoms. The van der Waals surface area contributed by atoms with Gasteiger partial charge in [0, 0.05) is 19.3 Å². The van der Waals surface area contributed by atoms with E-state index in [2.05, 4.69) is 36.0 Å². The lowest BCUT2D eigenvalue weighted by Gasteiger charge is -2.33. The van der Waals surface area contributed by atoms with Crippen molar-refractivity contribution in [2.75, 3.05) is 33.8 Å². The van der Waals surface area contributed by atoms with Gasteiger partial charge in [0.2, 0.25) is 10.0 Å². The van der Waals surface area contributed by atoms with E-state index in [0.29, 0.717) is 23.7 Å². The van der Waals surface area contributed by atoms with Crippen LogP contribution in [0.15, 0.2) is 36.8 Å². The van der Waals surface area contributed by atoms with E-state index in [4.69, 9.17) is 0 Å². The highest BCUT2D eigenvalue weighted by molar-refractivity contribution is 7.92. The Morgan fingerprint density at radius 2 is 2.09 bits per heavy atom. The summed E-state index contributed by atoms with van der Waals surface area (Å²) in [4.78, 5) is 13.9. The number of sulfonamides is 1. The smallest absolute Gasteiger partial charge is 0.232 e. The number of nitrogens with zero attached hydrogens (tertiary/aromatic N) is 4. The average Bonchev–Trinajstić information content (AvgIpc) is 3.44. The summed E-state index contributed by atoms with van der Waals surface area (Å²) in [6.45, 7) is 1.48. The molecule has 2 aromatic heterocycles. The minimum absolute atomic E-state index is 0.0243. The zero-order chi connectivity index (χ0) is 22.1. The molecule has 1 aliphatic carbocycles. The van der Waals surface area contributed by atoms with Crippen molar-refractivity contribution in [3.05, 3.63) is 36.8 Å². The Bertz CT molecular complexity index is 1280. The number of hydrogen-bond donors (Lipinski definition) is 3. The van der Waals surface area contributed by atoms with Crippen molar-refractivity contribution in [3.63, 3.8) is 0 Å². The maximum absolute atomic E-state index is 12.5. The summed E-state index contributed by atoms with van der Waals surface area (Å²) >= 11 is 0. The fourth-order valence-electron chi connectivity index (χ4n) is 4.19. The number of anilines is 4. The fraction of sp³-hybridized carbons (Fsp3) is 0.409. The summed E-state index contributed by atoms with van der Waals surface area (Å²) in [6, 6.07) is 9.77. The van der Waals surface area contributed by atoms with Gasteiger partial charge >= 0.3 is 0 Å². The molecule has 3 aromatic rings. The molecule has 0 radical (unpaired) electrons. The third-order valence-corrected chi connectivity index (χ3v) is 7.43. The van der Waals surface area contributed by atoms with Crippen molar-refractivity contribution < 1.29 is 8.42 Å². The van der Waals surface area contributed by atoms with Crippen LogP contribution in [0.3, 0.4) is 0 Å². The monoisotopic (exact) mass is 451 g/mol. The maximum Gasteiger partial charge on any atom is 0.232 e. The number of nitriles is 1. The first-order chi connectivity index (χ1) is 15.5. The van der Waals surface area contributed by atoms with Crippen molar-refractivity contribution in [2.24, 2.45) is 11.8 Å². The van der Waals surface area contributed by atoms with Crippen LogP contribution in [0.25, 0.3) is 11.0 Å². The molecule has 166 valence electrons. The molecule has 5 rings (SSSR count).